The van der Waals surface area contributed by atoms with Crippen LogP contribution in [0.25, 0.3) is 0 Å². The number of methoxy groups -OCH3 is 1. The Morgan fingerprint density at radius 1 is 1.12 bits per heavy atom. The summed E-state index contributed by atoms with van der Waals surface area (Å²) in [5, 5.41) is 2.86. The molecule has 5 heteroatoms. The van der Waals surface area contributed by atoms with Crippen LogP contribution < -0.4 is 5.32 Å². The van der Waals surface area contributed by atoms with Crippen LogP contribution in [0.2, 0.25) is 0 Å². The highest BCUT2D eigenvalue weighted by Crippen LogP contribution is 2.23. The monoisotopic (exact) mass is 357 g/mol. The van der Waals surface area contributed by atoms with E-state index >= 15 is 0 Å². The Labute approximate surface area is 153 Å². The molecule has 0 aliphatic carbocycles. The molecule has 0 fully saturated rings. The lowest BCUT2D eigenvalue weighted by Crippen LogP contribution is -2.15. The molecule has 0 aliphatic rings. The Morgan fingerprint density at radius 2 is 1.80 bits per heavy atom. The van der Waals surface area contributed by atoms with E-state index in [1.165, 1.54) is 24.4 Å². The molecule has 1 N–H and O–H groups in total. The molecule has 132 valence electrons. The van der Waals surface area contributed by atoms with Crippen molar-refractivity contribution in [2.24, 2.45) is 0 Å². The van der Waals surface area contributed by atoms with E-state index in [-0.39, 0.29) is 5.91 Å². The van der Waals surface area contributed by atoms with E-state index in [0.29, 0.717) is 22.9 Å². The number of aryl methyl sites for hydroxylation is 1. The van der Waals surface area contributed by atoms with Gasteiger partial charge in [0.1, 0.15) is 0 Å². The third kappa shape index (κ3) is 5.36. The molecule has 2 aromatic carbocycles. The molecule has 2 aromatic rings. The molecule has 0 atom stereocenters. The Bertz CT molecular complexity index is 754. The van der Waals surface area contributed by atoms with Crippen molar-refractivity contribution in [1.29, 1.82) is 0 Å². The molecule has 25 heavy (non-hydrogen) atoms. The summed E-state index contributed by atoms with van der Waals surface area (Å²) in [6, 6.07) is 13.4. The lowest BCUT2D eigenvalue weighted by Gasteiger charge is -2.10. The van der Waals surface area contributed by atoms with Gasteiger partial charge in [-0.05, 0) is 48.2 Å². The largest absolute Gasteiger partial charge is 0.465 e. The van der Waals surface area contributed by atoms with Crippen LogP contribution in [0.3, 0.4) is 0 Å². The maximum absolute atomic E-state index is 12.2. The number of esters is 1. The summed E-state index contributed by atoms with van der Waals surface area (Å²) >= 11 is 1.49. The number of thioether (sulfide) groups is 1. The quantitative estimate of drug-likeness (QED) is 0.605. The number of rotatable bonds is 6. The number of benzene rings is 2. The van der Waals surface area contributed by atoms with Crippen LogP contribution in [0.4, 0.5) is 5.69 Å². The zero-order chi connectivity index (χ0) is 18.4. The van der Waals surface area contributed by atoms with Gasteiger partial charge in [0.25, 0.3) is 0 Å². The summed E-state index contributed by atoms with van der Waals surface area (Å²) in [4.78, 5) is 24.9. The predicted octanol–water partition coefficient (Wildman–Crippen LogP) is 4.64. The highest BCUT2D eigenvalue weighted by molar-refractivity contribution is 8.00. The van der Waals surface area contributed by atoms with Crippen LogP contribution in [-0.4, -0.2) is 24.7 Å². The fourth-order valence-electron chi connectivity index (χ4n) is 2.29. The molecule has 0 radical (unpaired) electrons. The smallest absolute Gasteiger partial charge is 0.337 e. The number of carbonyl (C=O) groups excluding carboxylic acids is 2. The lowest BCUT2D eigenvalue weighted by molar-refractivity contribution is -0.113. The molecule has 1 amide bonds. The molecule has 0 aliphatic heterocycles. The Kier molecular flexibility index (Phi) is 6.65. The Balaban J connectivity index is 1.97. The molecule has 0 heterocycles. The van der Waals surface area contributed by atoms with Crippen molar-refractivity contribution >= 4 is 29.3 Å². The minimum atomic E-state index is -0.421. The first-order chi connectivity index (χ1) is 11.9. The second-order valence-electron chi connectivity index (χ2n) is 6.08. The lowest BCUT2D eigenvalue weighted by atomic mass is 10.0. The first-order valence-electron chi connectivity index (χ1n) is 8.12. The van der Waals surface area contributed by atoms with Crippen LogP contribution in [0.15, 0.2) is 47.4 Å². The average molecular weight is 357 g/mol. The first kappa shape index (κ1) is 19.1. The summed E-state index contributed by atoms with van der Waals surface area (Å²) in [5.41, 5.74) is 3.22. The van der Waals surface area contributed by atoms with Gasteiger partial charge in [-0.15, -0.1) is 11.8 Å². The number of hydrogen-bond acceptors (Lipinski definition) is 4. The fraction of sp³-hybridized carbons (Fsp3) is 0.300. The molecular weight excluding hydrogens is 334 g/mol. The van der Waals surface area contributed by atoms with Gasteiger partial charge in [-0.1, -0.05) is 32.0 Å². The summed E-state index contributed by atoms with van der Waals surface area (Å²) in [7, 11) is 1.33. The second kappa shape index (κ2) is 8.72. The van der Waals surface area contributed by atoms with E-state index in [1.54, 1.807) is 18.2 Å². The Morgan fingerprint density at radius 3 is 2.40 bits per heavy atom. The maximum atomic E-state index is 12.2. The second-order valence-corrected chi connectivity index (χ2v) is 7.13. The zero-order valence-corrected chi connectivity index (χ0v) is 15.8. The highest BCUT2D eigenvalue weighted by atomic mass is 32.2. The minimum absolute atomic E-state index is 0.108. The third-order valence-electron chi connectivity index (χ3n) is 3.85. The molecule has 4 nitrogen and oxygen atoms in total. The molecule has 0 aromatic heterocycles. The maximum Gasteiger partial charge on any atom is 0.337 e. The molecule has 2 rings (SSSR count). The van der Waals surface area contributed by atoms with Gasteiger partial charge >= 0.3 is 5.97 Å². The van der Waals surface area contributed by atoms with Gasteiger partial charge in [-0.3, -0.25) is 4.79 Å². The highest BCUT2D eigenvalue weighted by Gasteiger charge is 2.11. The van der Waals surface area contributed by atoms with Crippen molar-refractivity contribution in [3.8, 4) is 0 Å². The topological polar surface area (TPSA) is 55.4 Å². The molecular formula is C20H23NO3S. The van der Waals surface area contributed by atoms with Crippen LogP contribution in [0, 0.1) is 6.92 Å². The summed E-state index contributed by atoms with van der Waals surface area (Å²) < 4.78 is 4.71. The number of hydrogen-bond donors (Lipinski definition) is 1. The normalized spacial score (nSPS) is 10.6. The molecule has 0 saturated heterocycles. The van der Waals surface area contributed by atoms with Gasteiger partial charge in [-0.25, -0.2) is 4.79 Å². The van der Waals surface area contributed by atoms with Crippen molar-refractivity contribution in [3.63, 3.8) is 0 Å². The summed E-state index contributed by atoms with van der Waals surface area (Å²) in [6.07, 6.45) is 0. The molecule has 0 unspecified atom stereocenters. The summed E-state index contributed by atoms with van der Waals surface area (Å²) in [5.74, 6) is 0.272. The number of amides is 1. The van der Waals surface area contributed by atoms with Gasteiger partial charge in [0, 0.05) is 10.6 Å². The summed E-state index contributed by atoms with van der Waals surface area (Å²) in [6.45, 7) is 6.19. The third-order valence-corrected chi connectivity index (χ3v) is 4.86. The van der Waals surface area contributed by atoms with Crippen molar-refractivity contribution in [1.82, 2.24) is 0 Å². The van der Waals surface area contributed by atoms with Crippen molar-refractivity contribution in [2.75, 3.05) is 18.2 Å². The van der Waals surface area contributed by atoms with Crippen LogP contribution in [-0.2, 0) is 9.53 Å². The van der Waals surface area contributed by atoms with Crippen LogP contribution in [0.5, 0.6) is 0 Å². The van der Waals surface area contributed by atoms with Crippen molar-refractivity contribution in [3.05, 3.63) is 59.2 Å². The van der Waals surface area contributed by atoms with Gasteiger partial charge in [0.2, 0.25) is 5.91 Å². The van der Waals surface area contributed by atoms with E-state index in [2.05, 4.69) is 31.3 Å². The van der Waals surface area contributed by atoms with E-state index in [0.717, 1.165) is 10.5 Å². The first-order valence-corrected chi connectivity index (χ1v) is 9.11. The number of nitrogens with one attached hydrogen (secondary N) is 1. The van der Waals surface area contributed by atoms with Crippen molar-refractivity contribution in [2.45, 2.75) is 31.6 Å². The molecule has 0 spiro atoms. The number of carbonyl (C=O) groups is 2. The standard InChI is InChI=1S/C20H23NO3S/c1-13(2)15-7-9-17(10-8-15)25-12-19(22)21-18-11-16(20(23)24-4)6-5-14(18)3/h5-11,13H,12H2,1-4H3,(H,21,22). The van der Waals surface area contributed by atoms with Crippen LogP contribution in [0.1, 0.15) is 41.3 Å². The predicted molar refractivity (Wildman–Crippen MR) is 102 cm³/mol. The van der Waals surface area contributed by atoms with Crippen molar-refractivity contribution < 1.29 is 14.3 Å². The van der Waals surface area contributed by atoms with Gasteiger partial charge in [0.15, 0.2) is 0 Å². The zero-order valence-electron chi connectivity index (χ0n) is 15.0. The van der Waals surface area contributed by atoms with E-state index < -0.39 is 5.97 Å². The minimum Gasteiger partial charge on any atom is -0.465 e. The fourth-order valence-corrected chi connectivity index (χ4v) is 2.98. The SMILES string of the molecule is COC(=O)c1ccc(C)c(NC(=O)CSc2ccc(C(C)C)cc2)c1. The van der Waals surface area contributed by atoms with E-state index in [9.17, 15) is 9.59 Å². The van der Waals surface area contributed by atoms with Crippen LogP contribution >= 0.6 is 11.8 Å². The Hall–Kier alpha value is -2.27. The average Bonchev–Trinajstić information content (AvgIpc) is 2.61. The van der Waals surface area contributed by atoms with Gasteiger partial charge < -0.3 is 10.1 Å². The van der Waals surface area contributed by atoms with E-state index in [1.807, 2.05) is 19.1 Å². The van der Waals surface area contributed by atoms with Gasteiger partial charge in [-0.2, -0.15) is 0 Å². The van der Waals surface area contributed by atoms with Gasteiger partial charge in [0.05, 0.1) is 18.4 Å². The molecule has 0 bridgehead atoms. The van der Waals surface area contributed by atoms with E-state index in [4.69, 9.17) is 4.74 Å². The number of ether oxygens (including phenoxy) is 1. The molecule has 0 saturated carbocycles. The number of anilines is 1.